The molecule has 4 aliphatic carbocycles. The number of hydrogen-bond donors (Lipinski definition) is 4. The standard InChI is InChI=1S/C27H48O4/c1-17(2)6-5-7-18(3)21-8-9-22-20-14-24(30)27(31)15-19(29)10-13-26(27,16-28)23(20)11-12-25(21,22)4/h17-24,28-31H,5-16H2,1-4H3/t18-,19?,20+,21-,22+,23+,24?,25-,26+,27?/m1/s1. The second-order valence-corrected chi connectivity index (χ2v) is 12.8. The third kappa shape index (κ3) is 3.63. The van der Waals surface area contributed by atoms with Crippen molar-refractivity contribution in [3.63, 3.8) is 0 Å². The summed E-state index contributed by atoms with van der Waals surface area (Å²) in [7, 11) is 0. The number of aliphatic hydroxyl groups excluding tert-OH is 3. The molecule has 10 atom stereocenters. The van der Waals surface area contributed by atoms with Gasteiger partial charge in [-0.25, -0.2) is 0 Å². The molecular weight excluding hydrogens is 388 g/mol. The Labute approximate surface area is 189 Å². The predicted molar refractivity (Wildman–Crippen MR) is 123 cm³/mol. The van der Waals surface area contributed by atoms with Crippen LogP contribution in [-0.4, -0.2) is 44.8 Å². The maximum atomic E-state index is 11.6. The lowest BCUT2D eigenvalue weighted by Crippen LogP contribution is -2.70. The minimum Gasteiger partial charge on any atom is -0.396 e. The van der Waals surface area contributed by atoms with Gasteiger partial charge in [0, 0.05) is 11.8 Å². The third-order valence-electron chi connectivity index (χ3n) is 11.0. The highest BCUT2D eigenvalue weighted by molar-refractivity contribution is 5.18. The molecule has 180 valence electrons. The first-order valence-electron chi connectivity index (χ1n) is 13.3. The lowest BCUT2D eigenvalue weighted by molar-refractivity contribution is -0.280. The molecule has 0 amide bonds. The largest absolute Gasteiger partial charge is 0.396 e. The van der Waals surface area contributed by atoms with Gasteiger partial charge in [0.25, 0.3) is 0 Å². The molecule has 4 N–H and O–H groups in total. The van der Waals surface area contributed by atoms with Crippen molar-refractivity contribution < 1.29 is 20.4 Å². The van der Waals surface area contributed by atoms with Gasteiger partial charge in [0.05, 0.1) is 18.8 Å². The minimum absolute atomic E-state index is 0.0765. The van der Waals surface area contributed by atoms with Gasteiger partial charge in [-0.1, -0.05) is 47.0 Å². The lowest BCUT2D eigenvalue weighted by Gasteiger charge is -2.65. The van der Waals surface area contributed by atoms with E-state index in [0.29, 0.717) is 36.5 Å². The Hall–Kier alpha value is -0.160. The van der Waals surface area contributed by atoms with Crippen molar-refractivity contribution in [2.45, 2.75) is 116 Å². The molecule has 0 bridgehead atoms. The van der Waals surface area contributed by atoms with Crippen molar-refractivity contribution in [3.05, 3.63) is 0 Å². The van der Waals surface area contributed by atoms with Gasteiger partial charge in [0.1, 0.15) is 5.60 Å². The fraction of sp³-hybridized carbons (Fsp3) is 1.00. The van der Waals surface area contributed by atoms with Crippen molar-refractivity contribution in [1.82, 2.24) is 0 Å². The second-order valence-electron chi connectivity index (χ2n) is 12.8. The van der Waals surface area contributed by atoms with E-state index in [1.54, 1.807) is 0 Å². The van der Waals surface area contributed by atoms with Crippen LogP contribution in [-0.2, 0) is 0 Å². The average molecular weight is 437 g/mol. The summed E-state index contributed by atoms with van der Waals surface area (Å²) >= 11 is 0. The molecule has 4 saturated carbocycles. The van der Waals surface area contributed by atoms with E-state index < -0.39 is 23.2 Å². The van der Waals surface area contributed by atoms with E-state index >= 15 is 0 Å². The van der Waals surface area contributed by atoms with E-state index in [0.717, 1.165) is 24.2 Å². The van der Waals surface area contributed by atoms with E-state index in [1.807, 2.05) is 0 Å². The molecule has 0 aliphatic heterocycles. The summed E-state index contributed by atoms with van der Waals surface area (Å²) < 4.78 is 0. The number of hydrogen-bond acceptors (Lipinski definition) is 4. The number of rotatable bonds is 6. The Morgan fingerprint density at radius 3 is 2.35 bits per heavy atom. The van der Waals surface area contributed by atoms with Crippen LogP contribution in [0.4, 0.5) is 0 Å². The predicted octanol–water partition coefficient (Wildman–Crippen LogP) is 4.53. The van der Waals surface area contributed by atoms with Crippen molar-refractivity contribution in [1.29, 1.82) is 0 Å². The fourth-order valence-corrected chi connectivity index (χ4v) is 9.39. The SMILES string of the molecule is CC(C)CCC[C@@H](C)[C@H]1CC[C@H]2[C@@H]3CC(O)C4(O)CC(O)CC[C@]4(CO)[C@H]3CC[C@]12C. The quantitative estimate of drug-likeness (QED) is 0.493. The van der Waals surface area contributed by atoms with Crippen molar-refractivity contribution in [2.75, 3.05) is 6.61 Å². The van der Waals surface area contributed by atoms with Gasteiger partial charge in [0.15, 0.2) is 0 Å². The van der Waals surface area contributed by atoms with Crippen LogP contribution >= 0.6 is 0 Å². The summed E-state index contributed by atoms with van der Waals surface area (Å²) in [6.45, 7) is 9.54. The molecule has 0 heterocycles. The molecule has 0 spiro atoms. The summed E-state index contributed by atoms with van der Waals surface area (Å²) in [6.07, 6.45) is 9.35. The van der Waals surface area contributed by atoms with Crippen molar-refractivity contribution in [3.8, 4) is 0 Å². The molecule has 0 saturated heterocycles. The smallest absolute Gasteiger partial charge is 0.101 e. The average Bonchev–Trinajstić information content (AvgIpc) is 3.06. The molecule has 3 unspecified atom stereocenters. The molecule has 4 fully saturated rings. The minimum atomic E-state index is -1.35. The van der Waals surface area contributed by atoms with Crippen LogP contribution < -0.4 is 0 Å². The monoisotopic (exact) mass is 436 g/mol. The zero-order valence-corrected chi connectivity index (χ0v) is 20.4. The highest BCUT2D eigenvalue weighted by Crippen LogP contribution is 2.69. The molecule has 4 heteroatoms. The van der Waals surface area contributed by atoms with Crippen LogP contribution in [0.3, 0.4) is 0 Å². The number of fused-ring (bicyclic) bond motifs is 5. The molecule has 31 heavy (non-hydrogen) atoms. The van der Waals surface area contributed by atoms with Gasteiger partial charge < -0.3 is 20.4 Å². The van der Waals surface area contributed by atoms with Crippen molar-refractivity contribution in [2.24, 2.45) is 46.3 Å². The first kappa shape index (κ1) is 24.0. The summed E-state index contributed by atoms with van der Waals surface area (Å²) in [6, 6.07) is 0. The molecule has 4 aliphatic rings. The van der Waals surface area contributed by atoms with E-state index in [-0.39, 0.29) is 18.9 Å². The summed E-state index contributed by atoms with van der Waals surface area (Å²) in [5, 5.41) is 43.7. The second kappa shape index (κ2) is 8.56. The third-order valence-corrected chi connectivity index (χ3v) is 11.0. The molecule has 0 aromatic rings. The Morgan fingerprint density at radius 1 is 0.935 bits per heavy atom. The van der Waals surface area contributed by atoms with Gasteiger partial charge in [-0.3, -0.25) is 0 Å². The zero-order valence-electron chi connectivity index (χ0n) is 20.4. The first-order valence-corrected chi connectivity index (χ1v) is 13.3. The molecule has 4 rings (SSSR count). The van der Waals surface area contributed by atoms with Crippen LogP contribution in [0.25, 0.3) is 0 Å². The molecule has 0 radical (unpaired) electrons. The topological polar surface area (TPSA) is 80.9 Å². The summed E-state index contributed by atoms with van der Waals surface area (Å²) in [4.78, 5) is 0. The fourth-order valence-electron chi connectivity index (χ4n) is 9.39. The highest BCUT2D eigenvalue weighted by atomic mass is 16.4. The van der Waals surface area contributed by atoms with Gasteiger partial charge >= 0.3 is 0 Å². The van der Waals surface area contributed by atoms with Crippen LogP contribution in [0.2, 0.25) is 0 Å². The van der Waals surface area contributed by atoms with Gasteiger partial charge in [-0.05, 0) is 85.9 Å². The molecule has 4 nitrogen and oxygen atoms in total. The first-order chi connectivity index (χ1) is 14.6. The number of aliphatic hydroxyl groups is 4. The molecule has 0 aromatic carbocycles. The maximum absolute atomic E-state index is 11.6. The van der Waals surface area contributed by atoms with E-state index in [1.165, 1.54) is 38.5 Å². The van der Waals surface area contributed by atoms with E-state index in [2.05, 4.69) is 27.7 Å². The Balaban J connectivity index is 1.56. The molecular formula is C27H48O4. The summed E-state index contributed by atoms with van der Waals surface area (Å²) in [5.41, 5.74) is -1.69. The van der Waals surface area contributed by atoms with Gasteiger partial charge in [-0.15, -0.1) is 0 Å². The van der Waals surface area contributed by atoms with Crippen molar-refractivity contribution >= 4 is 0 Å². The van der Waals surface area contributed by atoms with Crippen LogP contribution in [0.5, 0.6) is 0 Å². The summed E-state index contributed by atoms with van der Waals surface area (Å²) in [5.74, 6) is 3.49. The van der Waals surface area contributed by atoms with Gasteiger partial charge in [0.2, 0.25) is 0 Å². The molecule has 0 aromatic heterocycles. The zero-order chi connectivity index (χ0) is 22.6. The maximum Gasteiger partial charge on any atom is 0.101 e. The highest BCUT2D eigenvalue weighted by Gasteiger charge is 2.69. The normalized spacial score (nSPS) is 50.6. The Morgan fingerprint density at radius 2 is 1.68 bits per heavy atom. The van der Waals surface area contributed by atoms with Crippen LogP contribution in [0.1, 0.15) is 98.3 Å². The van der Waals surface area contributed by atoms with Crippen LogP contribution in [0.15, 0.2) is 0 Å². The lowest BCUT2D eigenvalue weighted by atomic mass is 9.42. The Bertz CT molecular complexity index is 637. The van der Waals surface area contributed by atoms with E-state index in [4.69, 9.17) is 0 Å². The van der Waals surface area contributed by atoms with Crippen LogP contribution in [0, 0.1) is 46.3 Å². The van der Waals surface area contributed by atoms with Gasteiger partial charge in [-0.2, -0.15) is 0 Å². The van der Waals surface area contributed by atoms with E-state index in [9.17, 15) is 20.4 Å². The Kier molecular flexibility index (Phi) is 6.62.